The number of nitrogens with one attached hydrogen (secondary N) is 1. The first-order valence-electron chi connectivity index (χ1n) is 14.8. The summed E-state index contributed by atoms with van der Waals surface area (Å²) in [6.07, 6.45) is 0.137. The first-order chi connectivity index (χ1) is 19.7. The second-order valence-corrected chi connectivity index (χ2v) is 13.7. The Morgan fingerprint density at radius 3 is 2.12 bits per heavy atom. The topological polar surface area (TPSA) is 78.9 Å². The number of likely N-dealkylation sites (tertiary alicyclic amines) is 1. The maximum absolute atomic E-state index is 14.2. The molecule has 3 aromatic rings. The zero-order chi connectivity index (χ0) is 30.8. The van der Waals surface area contributed by atoms with E-state index in [9.17, 15) is 14.7 Å². The van der Waals surface area contributed by atoms with Crippen LogP contribution in [-0.2, 0) is 28.0 Å². The zero-order valence-electron chi connectivity index (χ0n) is 26.3. The van der Waals surface area contributed by atoms with E-state index in [1.54, 1.807) is 12.0 Å². The number of hydrogen-bond acceptors (Lipinski definition) is 4. The Morgan fingerprint density at radius 2 is 1.57 bits per heavy atom. The van der Waals surface area contributed by atoms with Crippen molar-refractivity contribution in [1.29, 1.82) is 0 Å². The Kier molecular flexibility index (Phi) is 9.17. The fraction of sp³-hybridized carbons (Fsp3) is 0.444. The average Bonchev–Trinajstić information content (AvgIpc) is 3.29. The van der Waals surface area contributed by atoms with E-state index < -0.39 is 23.5 Å². The minimum Gasteiger partial charge on any atom is -0.496 e. The van der Waals surface area contributed by atoms with Gasteiger partial charge in [-0.2, -0.15) is 0 Å². The van der Waals surface area contributed by atoms with Gasteiger partial charge in [0, 0.05) is 24.1 Å². The monoisotopic (exact) mass is 570 g/mol. The van der Waals surface area contributed by atoms with Gasteiger partial charge in [-0.25, -0.2) is 4.79 Å². The largest absolute Gasteiger partial charge is 0.496 e. The summed E-state index contributed by atoms with van der Waals surface area (Å²) in [4.78, 5) is 28.9. The van der Waals surface area contributed by atoms with Gasteiger partial charge >= 0.3 is 5.97 Å². The molecular formula is C36H46N2O4. The molecule has 0 unspecified atom stereocenters. The van der Waals surface area contributed by atoms with E-state index in [0.29, 0.717) is 6.54 Å². The molecule has 1 fully saturated rings. The van der Waals surface area contributed by atoms with Crippen LogP contribution in [0.5, 0.6) is 5.75 Å². The lowest BCUT2D eigenvalue weighted by Gasteiger charge is -2.35. The number of rotatable bonds is 8. The van der Waals surface area contributed by atoms with Gasteiger partial charge < -0.3 is 20.1 Å². The molecule has 0 aliphatic carbocycles. The molecule has 2 N–H and O–H groups in total. The number of ether oxygens (including phenoxy) is 1. The van der Waals surface area contributed by atoms with Gasteiger partial charge in [-0.3, -0.25) is 4.79 Å². The molecule has 1 aliphatic rings. The number of aliphatic carboxylic acids is 1. The van der Waals surface area contributed by atoms with Crippen LogP contribution in [0.4, 0.5) is 0 Å². The number of amides is 1. The number of methoxy groups -OCH3 is 1. The number of aryl methyl sites for hydroxylation is 1. The molecule has 42 heavy (non-hydrogen) atoms. The quantitative estimate of drug-likeness (QED) is 0.315. The summed E-state index contributed by atoms with van der Waals surface area (Å²) >= 11 is 0. The van der Waals surface area contributed by atoms with E-state index in [2.05, 4.69) is 59.0 Å². The zero-order valence-corrected chi connectivity index (χ0v) is 26.3. The number of carbonyl (C=O) groups is 2. The normalized spacial score (nSPS) is 20.9. The molecule has 224 valence electrons. The van der Waals surface area contributed by atoms with Crippen LogP contribution >= 0.6 is 0 Å². The van der Waals surface area contributed by atoms with Crippen LogP contribution in [0.2, 0.25) is 0 Å². The summed E-state index contributed by atoms with van der Waals surface area (Å²) in [5, 5.41) is 14.5. The molecule has 0 aromatic heterocycles. The van der Waals surface area contributed by atoms with E-state index in [-0.39, 0.29) is 29.7 Å². The molecule has 1 amide bonds. The van der Waals surface area contributed by atoms with Crippen molar-refractivity contribution in [3.63, 3.8) is 0 Å². The standard InChI is InChI=1S/C36H46N2O4/c1-23-14-16-24(17-15-23)20-29(39)38-32(25-12-10-9-11-13-25)31(30(36(5,6)7)33(38)34(40)41)37-22-26-21-27(35(2,3)4)18-19-28(26)42-8/h9-19,21,30-33,37H,20,22H2,1-8H3,(H,40,41)/t30-,31-,32-,33-/m0/s1. The van der Waals surface area contributed by atoms with Crippen molar-refractivity contribution in [2.24, 2.45) is 11.3 Å². The fourth-order valence-electron chi connectivity index (χ4n) is 6.35. The van der Waals surface area contributed by atoms with Crippen molar-refractivity contribution in [3.8, 4) is 5.75 Å². The molecule has 0 bridgehead atoms. The van der Waals surface area contributed by atoms with Gasteiger partial charge in [0.15, 0.2) is 0 Å². The van der Waals surface area contributed by atoms with Crippen LogP contribution in [0.15, 0.2) is 72.8 Å². The van der Waals surface area contributed by atoms with Crippen molar-refractivity contribution in [3.05, 3.63) is 101 Å². The Morgan fingerprint density at radius 1 is 0.929 bits per heavy atom. The van der Waals surface area contributed by atoms with Gasteiger partial charge in [-0.05, 0) is 40.5 Å². The molecule has 1 saturated heterocycles. The second-order valence-electron chi connectivity index (χ2n) is 13.7. The molecular weight excluding hydrogens is 524 g/mol. The third-order valence-corrected chi connectivity index (χ3v) is 8.50. The number of benzene rings is 3. The summed E-state index contributed by atoms with van der Waals surface area (Å²) in [5.41, 5.74) is 4.64. The van der Waals surface area contributed by atoms with Gasteiger partial charge in [-0.1, -0.05) is 114 Å². The maximum Gasteiger partial charge on any atom is 0.326 e. The van der Waals surface area contributed by atoms with Crippen molar-refractivity contribution in [1.82, 2.24) is 10.2 Å². The lowest BCUT2D eigenvalue weighted by atomic mass is 9.72. The van der Waals surface area contributed by atoms with E-state index in [0.717, 1.165) is 28.0 Å². The summed E-state index contributed by atoms with van der Waals surface area (Å²) in [6, 6.07) is 22.2. The number of carboxylic acids is 1. The predicted octanol–water partition coefficient (Wildman–Crippen LogP) is 6.70. The molecule has 4 rings (SSSR count). The van der Waals surface area contributed by atoms with E-state index in [1.165, 1.54) is 5.56 Å². The lowest BCUT2D eigenvalue weighted by molar-refractivity contribution is -0.152. The Hall–Kier alpha value is -3.64. The third-order valence-electron chi connectivity index (χ3n) is 8.50. The van der Waals surface area contributed by atoms with E-state index >= 15 is 0 Å². The van der Waals surface area contributed by atoms with Gasteiger partial charge in [0.2, 0.25) is 5.91 Å². The molecule has 6 heteroatoms. The average molecular weight is 571 g/mol. The molecule has 3 aromatic carbocycles. The van der Waals surface area contributed by atoms with Gasteiger partial charge in [-0.15, -0.1) is 0 Å². The highest BCUT2D eigenvalue weighted by atomic mass is 16.5. The highest BCUT2D eigenvalue weighted by molar-refractivity contribution is 5.87. The predicted molar refractivity (Wildman–Crippen MR) is 168 cm³/mol. The Bertz CT molecular complexity index is 1390. The van der Waals surface area contributed by atoms with Crippen LogP contribution in [-0.4, -0.2) is 41.1 Å². The lowest BCUT2D eigenvalue weighted by Crippen LogP contribution is -2.48. The van der Waals surface area contributed by atoms with Crippen molar-refractivity contribution >= 4 is 11.9 Å². The van der Waals surface area contributed by atoms with E-state index in [1.807, 2.05) is 67.6 Å². The maximum atomic E-state index is 14.2. The van der Waals surface area contributed by atoms with E-state index in [4.69, 9.17) is 4.74 Å². The first-order valence-corrected chi connectivity index (χ1v) is 14.8. The summed E-state index contributed by atoms with van der Waals surface area (Å²) in [7, 11) is 1.67. The molecule has 0 saturated carbocycles. The smallest absolute Gasteiger partial charge is 0.326 e. The second kappa shape index (κ2) is 12.3. The molecule has 4 atom stereocenters. The highest BCUT2D eigenvalue weighted by Gasteiger charge is 2.57. The minimum atomic E-state index is -0.992. The molecule has 1 aliphatic heterocycles. The first kappa shape index (κ1) is 31.3. The summed E-state index contributed by atoms with van der Waals surface area (Å²) in [5.74, 6) is -0.756. The Labute approximate surface area is 251 Å². The summed E-state index contributed by atoms with van der Waals surface area (Å²) < 4.78 is 5.73. The van der Waals surface area contributed by atoms with Crippen molar-refractivity contribution in [2.45, 2.75) is 85.0 Å². The minimum absolute atomic E-state index is 0.0392. The van der Waals surface area contributed by atoms with Gasteiger partial charge in [0.25, 0.3) is 0 Å². The third kappa shape index (κ3) is 6.70. The van der Waals surface area contributed by atoms with Crippen LogP contribution in [0.3, 0.4) is 0 Å². The number of hydrogen-bond donors (Lipinski definition) is 2. The SMILES string of the molecule is COc1ccc(C(C)(C)C)cc1CN[C@H]1[C@H](C(C)(C)C)[C@@H](C(=O)O)N(C(=O)Cc2ccc(C)cc2)[C@H]1c1ccccc1. The number of nitrogens with zero attached hydrogens (tertiary/aromatic N) is 1. The molecule has 1 heterocycles. The summed E-state index contributed by atoms with van der Waals surface area (Å²) in [6.45, 7) is 15.2. The van der Waals surface area contributed by atoms with Gasteiger partial charge in [0.05, 0.1) is 19.6 Å². The van der Waals surface area contributed by atoms with Crippen molar-refractivity contribution < 1.29 is 19.4 Å². The number of carboxylic acid groups (broad SMARTS) is 1. The van der Waals surface area contributed by atoms with Crippen LogP contribution in [0.25, 0.3) is 0 Å². The van der Waals surface area contributed by atoms with Crippen LogP contribution in [0, 0.1) is 18.3 Å². The highest BCUT2D eigenvalue weighted by Crippen LogP contribution is 2.48. The molecule has 0 radical (unpaired) electrons. The van der Waals surface area contributed by atoms with Crippen LogP contribution in [0.1, 0.15) is 75.4 Å². The molecule has 6 nitrogen and oxygen atoms in total. The number of carbonyl (C=O) groups excluding carboxylic acids is 1. The fourth-order valence-corrected chi connectivity index (χ4v) is 6.35. The van der Waals surface area contributed by atoms with Gasteiger partial charge in [0.1, 0.15) is 11.8 Å². The van der Waals surface area contributed by atoms with Crippen molar-refractivity contribution in [2.75, 3.05) is 7.11 Å². The molecule has 0 spiro atoms. The van der Waals surface area contributed by atoms with Crippen LogP contribution < -0.4 is 10.1 Å². The Balaban J connectivity index is 1.81.